The minimum atomic E-state index is -0.0731. The van der Waals surface area contributed by atoms with E-state index < -0.39 is 0 Å². The lowest BCUT2D eigenvalue weighted by Crippen LogP contribution is -2.37. The van der Waals surface area contributed by atoms with E-state index in [4.69, 9.17) is 4.74 Å². The van der Waals surface area contributed by atoms with Crippen molar-refractivity contribution in [3.63, 3.8) is 0 Å². The summed E-state index contributed by atoms with van der Waals surface area (Å²) < 4.78 is 6.21. The number of hydrogen-bond donors (Lipinski definition) is 0. The maximum atomic E-state index is 11.9. The zero-order chi connectivity index (χ0) is 16.5. The molecule has 3 aromatic heterocycles. The molecular weight excluding hydrogens is 324 g/mol. The van der Waals surface area contributed by atoms with E-state index in [9.17, 15) is 4.79 Å². The third-order valence-corrected chi connectivity index (χ3v) is 5.52. The molecule has 4 heterocycles. The molecule has 0 aliphatic carbocycles. The zero-order valence-electron chi connectivity index (χ0n) is 13.4. The Kier molecular flexibility index (Phi) is 4.02. The fraction of sp³-hybridized carbons (Fsp3) is 0.412. The van der Waals surface area contributed by atoms with Gasteiger partial charge >= 0.3 is 5.97 Å². The first-order valence-corrected chi connectivity index (χ1v) is 8.99. The van der Waals surface area contributed by atoms with Gasteiger partial charge in [-0.3, -0.25) is 4.79 Å². The number of rotatable bonds is 3. The van der Waals surface area contributed by atoms with Crippen molar-refractivity contribution in [2.24, 2.45) is 5.92 Å². The highest BCUT2D eigenvalue weighted by Crippen LogP contribution is 2.37. The van der Waals surface area contributed by atoms with Gasteiger partial charge in [0.2, 0.25) is 0 Å². The van der Waals surface area contributed by atoms with Crippen LogP contribution in [-0.2, 0) is 9.53 Å². The van der Waals surface area contributed by atoms with Crippen LogP contribution in [0.15, 0.2) is 24.7 Å². The van der Waals surface area contributed by atoms with Gasteiger partial charge in [0.25, 0.3) is 0 Å². The summed E-state index contributed by atoms with van der Waals surface area (Å²) >= 11 is 1.63. The second-order valence-electron chi connectivity index (χ2n) is 5.85. The Hall–Kier alpha value is -2.28. The van der Waals surface area contributed by atoms with E-state index in [-0.39, 0.29) is 11.9 Å². The summed E-state index contributed by atoms with van der Waals surface area (Å²) in [4.78, 5) is 28.5. The van der Waals surface area contributed by atoms with E-state index in [1.807, 2.05) is 19.1 Å². The van der Waals surface area contributed by atoms with Gasteiger partial charge in [-0.1, -0.05) is 0 Å². The van der Waals surface area contributed by atoms with E-state index >= 15 is 0 Å². The number of esters is 1. The van der Waals surface area contributed by atoms with Crippen LogP contribution in [0.2, 0.25) is 0 Å². The summed E-state index contributed by atoms with van der Waals surface area (Å²) in [6.45, 7) is 3.90. The highest BCUT2D eigenvalue weighted by Gasteiger charge is 2.28. The van der Waals surface area contributed by atoms with Gasteiger partial charge < -0.3 is 9.64 Å². The summed E-state index contributed by atoms with van der Waals surface area (Å²) in [7, 11) is 0. The Morgan fingerprint density at radius 1 is 1.33 bits per heavy atom. The largest absolute Gasteiger partial charge is 0.466 e. The fourth-order valence-corrected chi connectivity index (χ4v) is 4.33. The van der Waals surface area contributed by atoms with Crippen LogP contribution >= 0.6 is 11.3 Å². The lowest BCUT2D eigenvalue weighted by molar-refractivity contribution is -0.148. The fourth-order valence-electron chi connectivity index (χ4n) is 3.21. The van der Waals surface area contributed by atoms with Gasteiger partial charge in [-0.2, -0.15) is 0 Å². The van der Waals surface area contributed by atoms with Crippen LogP contribution in [0, 0.1) is 5.92 Å². The van der Waals surface area contributed by atoms with Crippen molar-refractivity contribution in [1.82, 2.24) is 15.0 Å². The predicted octanol–water partition coefficient (Wildman–Crippen LogP) is 3.02. The first-order valence-electron chi connectivity index (χ1n) is 8.17. The summed E-state index contributed by atoms with van der Waals surface area (Å²) in [5.41, 5.74) is 0.959. The van der Waals surface area contributed by atoms with E-state index in [1.165, 1.54) is 0 Å². The topological polar surface area (TPSA) is 68.2 Å². The van der Waals surface area contributed by atoms with Crippen molar-refractivity contribution in [3.05, 3.63) is 24.7 Å². The molecule has 0 bridgehead atoms. The average molecular weight is 342 g/mol. The lowest BCUT2D eigenvalue weighted by atomic mass is 9.97. The standard InChI is InChI=1S/C17H18N4O2S/c1-2-23-17(22)11-5-8-21(9-6-11)15-14-13(19-10-20-15)12-4-3-7-18-16(12)24-14/h3-4,7,10-11H,2,5-6,8-9H2,1H3. The number of aromatic nitrogens is 3. The number of piperidine rings is 1. The Labute approximate surface area is 143 Å². The third-order valence-electron chi connectivity index (χ3n) is 4.42. The molecule has 0 unspecified atom stereocenters. The van der Waals surface area contributed by atoms with Crippen LogP contribution in [0.25, 0.3) is 20.4 Å². The molecule has 124 valence electrons. The number of carbonyl (C=O) groups is 1. The molecule has 0 aromatic carbocycles. The van der Waals surface area contributed by atoms with Crippen LogP contribution < -0.4 is 4.90 Å². The van der Waals surface area contributed by atoms with E-state index in [1.54, 1.807) is 23.9 Å². The molecule has 0 radical (unpaired) electrons. The smallest absolute Gasteiger partial charge is 0.309 e. The maximum Gasteiger partial charge on any atom is 0.309 e. The molecule has 0 N–H and O–H groups in total. The number of carbonyl (C=O) groups excluding carboxylic acids is 1. The number of pyridine rings is 1. The number of nitrogens with zero attached hydrogens (tertiary/aromatic N) is 4. The Morgan fingerprint density at radius 3 is 2.96 bits per heavy atom. The number of thiophene rings is 1. The first-order chi connectivity index (χ1) is 11.8. The van der Waals surface area contributed by atoms with Crippen LogP contribution in [0.5, 0.6) is 0 Å². The maximum absolute atomic E-state index is 11.9. The Balaban J connectivity index is 1.62. The van der Waals surface area contributed by atoms with Gasteiger partial charge in [-0.25, -0.2) is 15.0 Å². The number of hydrogen-bond acceptors (Lipinski definition) is 7. The minimum Gasteiger partial charge on any atom is -0.466 e. The van der Waals surface area contributed by atoms with Crippen molar-refractivity contribution in [2.45, 2.75) is 19.8 Å². The Morgan fingerprint density at radius 2 is 2.17 bits per heavy atom. The summed E-state index contributed by atoms with van der Waals surface area (Å²) in [6.07, 6.45) is 5.02. The second-order valence-corrected chi connectivity index (χ2v) is 6.85. The van der Waals surface area contributed by atoms with Crippen LogP contribution in [0.4, 0.5) is 5.82 Å². The average Bonchev–Trinajstić information content (AvgIpc) is 3.01. The van der Waals surface area contributed by atoms with Gasteiger partial charge in [0.1, 0.15) is 17.0 Å². The van der Waals surface area contributed by atoms with Gasteiger partial charge in [-0.15, -0.1) is 11.3 Å². The van der Waals surface area contributed by atoms with Gasteiger partial charge in [0.15, 0.2) is 0 Å². The number of fused-ring (bicyclic) bond motifs is 3. The highest BCUT2D eigenvalue weighted by atomic mass is 32.1. The SMILES string of the molecule is CCOC(=O)C1CCN(c2ncnc3c2sc2ncccc23)CC1. The molecule has 1 fully saturated rings. The highest BCUT2D eigenvalue weighted by molar-refractivity contribution is 7.25. The molecular formula is C17H18N4O2S. The van der Waals surface area contributed by atoms with Gasteiger partial charge in [0, 0.05) is 24.7 Å². The molecule has 0 atom stereocenters. The molecule has 1 aliphatic heterocycles. The van der Waals surface area contributed by atoms with Crippen molar-refractivity contribution in [1.29, 1.82) is 0 Å². The number of ether oxygens (including phenoxy) is 1. The lowest BCUT2D eigenvalue weighted by Gasteiger charge is -2.31. The van der Waals surface area contributed by atoms with Crippen molar-refractivity contribution >= 4 is 43.6 Å². The zero-order valence-corrected chi connectivity index (χ0v) is 14.3. The van der Waals surface area contributed by atoms with Crippen molar-refractivity contribution in [3.8, 4) is 0 Å². The monoisotopic (exact) mass is 342 g/mol. The summed E-state index contributed by atoms with van der Waals surface area (Å²) in [5.74, 6) is 0.879. The van der Waals surface area contributed by atoms with E-state index in [0.29, 0.717) is 6.61 Å². The van der Waals surface area contributed by atoms with Crippen LogP contribution in [0.1, 0.15) is 19.8 Å². The third kappa shape index (κ3) is 2.58. The molecule has 1 saturated heterocycles. The molecule has 0 amide bonds. The van der Waals surface area contributed by atoms with Crippen LogP contribution in [-0.4, -0.2) is 40.6 Å². The molecule has 3 aromatic rings. The second kappa shape index (κ2) is 6.32. The summed E-state index contributed by atoms with van der Waals surface area (Å²) in [6, 6.07) is 3.98. The minimum absolute atomic E-state index is 0.00241. The summed E-state index contributed by atoms with van der Waals surface area (Å²) in [5, 5.41) is 1.07. The molecule has 4 rings (SSSR count). The Bertz CT molecular complexity index is 887. The molecule has 7 heteroatoms. The predicted molar refractivity (Wildman–Crippen MR) is 94.3 cm³/mol. The van der Waals surface area contributed by atoms with E-state index in [0.717, 1.165) is 52.2 Å². The molecule has 0 spiro atoms. The molecule has 0 saturated carbocycles. The quantitative estimate of drug-likeness (QED) is 0.682. The van der Waals surface area contributed by atoms with Crippen LogP contribution in [0.3, 0.4) is 0 Å². The molecule has 1 aliphatic rings. The van der Waals surface area contributed by atoms with Gasteiger partial charge in [-0.05, 0) is 31.9 Å². The first kappa shape index (κ1) is 15.3. The number of anilines is 1. The normalized spacial score (nSPS) is 16.0. The van der Waals surface area contributed by atoms with Crippen molar-refractivity contribution in [2.75, 3.05) is 24.6 Å². The van der Waals surface area contributed by atoms with Crippen molar-refractivity contribution < 1.29 is 9.53 Å². The van der Waals surface area contributed by atoms with E-state index in [2.05, 4.69) is 19.9 Å². The molecule has 24 heavy (non-hydrogen) atoms. The molecule has 6 nitrogen and oxygen atoms in total. The van der Waals surface area contributed by atoms with Gasteiger partial charge in [0.05, 0.1) is 22.7 Å².